The van der Waals surface area contributed by atoms with Gasteiger partial charge in [0.15, 0.2) is 5.76 Å². The number of thioether (sulfide) groups is 1. The lowest BCUT2D eigenvalue weighted by Gasteiger charge is -2.10. The molecule has 1 aromatic carbocycles. The van der Waals surface area contributed by atoms with Gasteiger partial charge in [0, 0.05) is 5.69 Å². The van der Waals surface area contributed by atoms with Gasteiger partial charge in [0.25, 0.3) is 0 Å². The molecule has 0 saturated heterocycles. The zero-order valence-electron chi connectivity index (χ0n) is 15.4. The van der Waals surface area contributed by atoms with E-state index < -0.39 is 0 Å². The zero-order valence-corrected chi connectivity index (χ0v) is 16.2. The van der Waals surface area contributed by atoms with E-state index in [9.17, 15) is 9.59 Å². The van der Waals surface area contributed by atoms with E-state index in [1.165, 1.54) is 10.9 Å². The van der Waals surface area contributed by atoms with E-state index >= 15 is 0 Å². The van der Waals surface area contributed by atoms with E-state index in [0.29, 0.717) is 16.7 Å². The Morgan fingerprint density at radius 2 is 2.00 bits per heavy atom. The van der Waals surface area contributed by atoms with Crippen molar-refractivity contribution in [2.75, 3.05) is 23.5 Å². The van der Waals surface area contributed by atoms with Crippen LogP contribution in [0.3, 0.4) is 0 Å². The molecule has 0 unspecified atom stereocenters. The second-order valence-corrected chi connectivity index (χ2v) is 6.96. The molecule has 2 heterocycles. The molecular weight excluding hydrogens is 380 g/mol. The first kappa shape index (κ1) is 19.5. The lowest BCUT2D eigenvalue weighted by Crippen LogP contribution is -2.34. The third-order valence-corrected chi connectivity index (χ3v) is 5.01. The number of hydrogen-bond acceptors (Lipinski definition) is 7. The summed E-state index contributed by atoms with van der Waals surface area (Å²) in [7, 11) is 0. The first-order chi connectivity index (χ1) is 13.5. The molecule has 0 atom stereocenters. The first-order valence-electron chi connectivity index (χ1n) is 8.45. The van der Waals surface area contributed by atoms with Crippen molar-refractivity contribution in [1.82, 2.24) is 20.2 Å². The molecule has 0 saturated carbocycles. The minimum absolute atomic E-state index is 0.0459. The van der Waals surface area contributed by atoms with Crippen LogP contribution >= 0.6 is 11.8 Å². The van der Waals surface area contributed by atoms with Crippen molar-refractivity contribution in [1.29, 1.82) is 0 Å². The average Bonchev–Trinajstić information content (AvgIpc) is 3.32. The molecule has 146 valence electrons. The molecule has 3 aromatic rings. The maximum Gasteiger partial charge on any atom is 0.243 e. The lowest BCUT2D eigenvalue weighted by molar-refractivity contribution is -0.122. The number of nitrogens with one attached hydrogen (secondary N) is 2. The van der Waals surface area contributed by atoms with Gasteiger partial charge in [-0.3, -0.25) is 9.59 Å². The summed E-state index contributed by atoms with van der Waals surface area (Å²) in [5.41, 5.74) is 2.81. The van der Waals surface area contributed by atoms with Crippen LogP contribution in [-0.2, 0) is 9.59 Å². The molecule has 0 aliphatic heterocycles. The molecule has 3 rings (SSSR count). The summed E-state index contributed by atoms with van der Waals surface area (Å²) in [5, 5.41) is 13.6. The number of hydrogen-bond donors (Lipinski definition) is 3. The van der Waals surface area contributed by atoms with Crippen molar-refractivity contribution >= 4 is 29.3 Å². The highest BCUT2D eigenvalue weighted by molar-refractivity contribution is 7.99. The summed E-state index contributed by atoms with van der Waals surface area (Å²) in [6.45, 7) is 3.78. The number of anilines is 1. The van der Waals surface area contributed by atoms with Gasteiger partial charge in [-0.15, -0.1) is 10.2 Å². The number of furan rings is 1. The Balaban J connectivity index is 1.47. The average molecular weight is 400 g/mol. The van der Waals surface area contributed by atoms with Crippen LogP contribution in [0.15, 0.2) is 46.2 Å². The Morgan fingerprint density at radius 1 is 1.18 bits per heavy atom. The van der Waals surface area contributed by atoms with Gasteiger partial charge in [-0.05, 0) is 43.2 Å². The number of aromatic nitrogens is 3. The Labute approximate surface area is 165 Å². The smallest absolute Gasteiger partial charge is 0.243 e. The van der Waals surface area contributed by atoms with E-state index in [1.807, 2.05) is 32.0 Å². The van der Waals surface area contributed by atoms with Crippen molar-refractivity contribution in [2.45, 2.75) is 19.0 Å². The fourth-order valence-electron chi connectivity index (χ4n) is 2.39. The molecule has 4 N–H and O–H groups in total. The molecule has 0 aliphatic rings. The third-order valence-electron chi connectivity index (χ3n) is 4.06. The number of carbonyl (C=O) groups is 2. The summed E-state index contributed by atoms with van der Waals surface area (Å²) >= 11 is 1.11. The second-order valence-electron chi connectivity index (χ2n) is 6.01. The van der Waals surface area contributed by atoms with Crippen LogP contribution in [0.4, 0.5) is 5.69 Å². The number of nitrogens with zero attached hydrogens (tertiary/aromatic N) is 3. The second kappa shape index (κ2) is 8.61. The predicted molar refractivity (Wildman–Crippen MR) is 106 cm³/mol. The SMILES string of the molecule is Cc1cccc(NC(=O)CNC(=O)CSc2nnc(-c3ccco3)n2N)c1C. The quantitative estimate of drug-likeness (QED) is 0.407. The molecule has 0 bridgehead atoms. The monoisotopic (exact) mass is 400 g/mol. The number of rotatable bonds is 7. The Hall–Kier alpha value is -3.27. The Bertz CT molecular complexity index is 983. The lowest BCUT2D eigenvalue weighted by atomic mass is 10.1. The normalized spacial score (nSPS) is 10.6. The minimum atomic E-state index is -0.316. The maximum absolute atomic E-state index is 12.1. The van der Waals surface area contributed by atoms with Crippen molar-refractivity contribution < 1.29 is 14.0 Å². The summed E-state index contributed by atoms with van der Waals surface area (Å²) < 4.78 is 6.49. The molecule has 0 radical (unpaired) electrons. The van der Waals surface area contributed by atoms with Crippen molar-refractivity contribution in [3.8, 4) is 11.6 Å². The van der Waals surface area contributed by atoms with Gasteiger partial charge >= 0.3 is 0 Å². The van der Waals surface area contributed by atoms with Crippen LogP contribution in [-0.4, -0.2) is 39.0 Å². The summed E-state index contributed by atoms with van der Waals surface area (Å²) in [5.74, 6) is 6.21. The van der Waals surface area contributed by atoms with Gasteiger partial charge in [0.2, 0.25) is 22.8 Å². The fraction of sp³-hybridized carbons (Fsp3) is 0.222. The van der Waals surface area contributed by atoms with Gasteiger partial charge in [-0.2, -0.15) is 0 Å². The van der Waals surface area contributed by atoms with Crippen LogP contribution in [0.1, 0.15) is 11.1 Å². The van der Waals surface area contributed by atoms with E-state index in [-0.39, 0.29) is 24.1 Å². The largest absolute Gasteiger partial charge is 0.461 e. The topological polar surface area (TPSA) is 128 Å². The number of nitrogen functional groups attached to an aromatic ring is 1. The van der Waals surface area contributed by atoms with E-state index in [2.05, 4.69) is 20.8 Å². The number of amides is 2. The zero-order chi connectivity index (χ0) is 20.1. The van der Waals surface area contributed by atoms with E-state index in [0.717, 1.165) is 28.6 Å². The van der Waals surface area contributed by atoms with Crippen LogP contribution < -0.4 is 16.5 Å². The van der Waals surface area contributed by atoms with Crippen LogP contribution in [0, 0.1) is 13.8 Å². The molecule has 0 fully saturated rings. The van der Waals surface area contributed by atoms with Crippen LogP contribution in [0.2, 0.25) is 0 Å². The number of benzene rings is 1. The maximum atomic E-state index is 12.1. The van der Waals surface area contributed by atoms with Crippen molar-refractivity contribution in [3.63, 3.8) is 0 Å². The molecule has 10 heteroatoms. The summed E-state index contributed by atoms with van der Waals surface area (Å²) in [4.78, 5) is 24.1. The molecule has 0 spiro atoms. The van der Waals surface area contributed by atoms with Gasteiger partial charge in [-0.25, -0.2) is 4.68 Å². The highest BCUT2D eigenvalue weighted by Crippen LogP contribution is 2.21. The van der Waals surface area contributed by atoms with Crippen molar-refractivity contribution in [3.05, 3.63) is 47.7 Å². The van der Waals surface area contributed by atoms with E-state index in [4.69, 9.17) is 10.3 Å². The molecule has 0 aliphatic carbocycles. The molecule has 2 aromatic heterocycles. The Kier molecular flexibility index (Phi) is 5.99. The van der Waals surface area contributed by atoms with Gasteiger partial charge in [0.05, 0.1) is 18.6 Å². The minimum Gasteiger partial charge on any atom is -0.461 e. The van der Waals surface area contributed by atoms with E-state index in [1.54, 1.807) is 12.1 Å². The van der Waals surface area contributed by atoms with Crippen molar-refractivity contribution in [2.24, 2.45) is 0 Å². The number of nitrogens with two attached hydrogens (primary N) is 1. The number of aryl methyl sites for hydroxylation is 1. The number of carbonyl (C=O) groups excluding carboxylic acids is 2. The predicted octanol–water partition coefficient (Wildman–Crippen LogP) is 1.72. The molecule has 28 heavy (non-hydrogen) atoms. The molecular formula is C18H20N6O3S. The highest BCUT2D eigenvalue weighted by atomic mass is 32.2. The Morgan fingerprint density at radius 3 is 2.75 bits per heavy atom. The van der Waals surface area contributed by atoms with Crippen LogP contribution in [0.5, 0.6) is 0 Å². The summed E-state index contributed by atoms with van der Waals surface area (Å²) in [6, 6.07) is 9.09. The van der Waals surface area contributed by atoms with Gasteiger partial charge < -0.3 is 20.9 Å². The fourth-order valence-corrected chi connectivity index (χ4v) is 3.08. The third kappa shape index (κ3) is 4.52. The first-order valence-corrected chi connectivity index (χ1v) is 9.44. The molecule has 9 nitrogen and oxygen atoms in total. The van der Waals surface area contributed by atoms with Crippen LogP contribution in [0.25, 0.3) is 11.6 Å². The standard InChI is InChI=1S/C18H20N6O3S/c1-11-5-3-6-13(12(11)2)21-15(25)9-20-16(26)10-28-18-23-22-17(24(18)19)14-7-4-8-27-14/h3-8H,9-10,19H2,1-2H3,(H,20,26)(H,21,25). The van der Waals surface area contributed by atoms with Gasteiger partial charge in [0.1, 0.15) is 0 Å². The highest BCUT2D eigenvalue weighted by Gasteiger charge is 2.16. The summed E-state index contributed by atoms with van der Waals surface area (Å²) in [6.07, 6.45) is 1.51. The van der Waals surface area contributed by atoms with Gasteiger partial charge in [-0.1, -0.05) is 23.9 Å². The molecule has 2 amide bonds.